The minimum atomic E-state index is -0.460. The molecule has 8 heteroatoms. The number of morpholine rings is 1. The molecule has 1 aromatic rings. The Balaban J connectivity index is 1.78. The maximum Gasteiger partial charge on any atom is 0.273 e. The zero-order valence-electron chi connectivity index (χ0n) is 12.9. The van der Waals surface area contributed by atoms with Crippen molar-refractivity contribution >= 4 is 23.4 Å². The van der Waals surface area contributed by atoms with Crippen molar-refractivity contribution in [2.24, 2.45) is 7.05 Å². The molecule has 0 unspecified atom stereocenters. The highest BCUT2D eigenvalue weighted by Gasteiger charge is 2.46. The zero-order chi connectivity index (χ0) is 16.1. The predicted octanol–water partition coefficient (Wildman–Crippen LogP) is 0.455. The van der Waals surface area contributed by atoms with E-state index in [9.17, 15) is 9.59 Å². The number of carbonyl (C=O) groups excluding carboxylic acids is 2. The maximum absolute atomic E-state index is 12.7. The first-order chi connectivity index (χ1) is 10.3. The van der Waals surface area contributed by atoms with Crippen LogP contribution in [0.1, 0.15) is 22.6 Å². The Morgan fingerprint density at radius 2 is 2.09 bits per heavy atom. The molecule has 0 N–H and O–H groups in total. The number of aromatic nitrogens is 2. The van der Waals surface area contributed by atoms with E-state index >= 15 is 0 Å². The van der Waals surface area contributed by atoms with Gasteiger partial charge in [0.25, 0.3) is 5.91 Å². The van der Waals surface area contributed by atoms with Gasteiger partial charge in [-0.05, 0) is 13.3 Å². The van der Waals surface area contributed by atoms with E-state index in [2.05, 4.69) is 5.10 Å². The Bertz CT molecular complexity index is 644. The molecule has 1 atom stereocenters. The van der Waals surface area contributed by atoms with Crippen molar-refractivity contribution in [2.75, 3.05) is 33.3 Å². The van der Waals surface area contributed by atoms with Crippen molar-refractivity contribution in [3.8, 4) is 0 Å². The van der Waals surface area contributed by atoms with Gasteiger partial charge in [0.15, 0.2) is 0 Å². The van der Waals surface area contributed by atoms with Crippen LogP contribution in [0.5, 0.6) is 0 Å². The number of rotatable bonds is 1. The molecule has 0 aliphatic carbocycles. The minimum absolute atomic E-state index is 0.0271. The second-order valence-electron chi connectivity index (χ2n) is 6.07. The highest BCUT2D eigenvalue weighted by Crippen LogP contribution is 2.31. The summed E-state index contributed by atoms with van der Waals surface area (Å²) in [6.07, 6.45) is 0.713. The number of nitrogens with zero attached hydrogens (tertiary/aromatic N) is 4. The third-order valence-electron chi connectivity index (χ3n) is 4.41. The first-order valence-corrected chi connectivity index (χ1v) is 7.57. The van der Waals surface area contributed by atoms with Crippen LogP contribution in [-0.4, -0.2) is 70.3 Å². The van der Waals surface area contributed by atoms with Crippen molar-refractivity contribution in [1.29, 1.82) is 0 Å². The maximum atomic E-state index is 12.7. The van der Waals surface area contributed by atoms with Crippen LogP contribution in [0, 0.1) is 6.92 Å². The van der Waals surface area contributed by atoms with Crippen LogP contribution in [0.4, 0.5) is 0 Å². The molecule has 2 saturated heterocycles. The smallest absolute Gasteiger partial charge is 0.273 e. The van der Waals surface area contributed by atoms with Crippen molar-refractivity contribution in [2.45, 2.75) is 18.9 Å². The van der Waals surface area contributed by atoms with Gasteiger partial charge in [-0.15, -0.1) is 0 Å². The fourth-order valence-electron chi connectivity index (χ4n) is 3.17. The fourth-order valence-corrected chi connectivity index (χ4v) is 3.41. The van der Waals surface area contributed by atoms with E-state index in [1.165, 1.54) is 4.68 Å². The second kappa shape index (κ2) is 5.24. The van der Waals surface area contributed by atoms with Crippen LogP contribution >= 0.6 is 11.6 Å². The molecule has 0 bridgehead atoms. The van der Waals surface area contributed by atoms with Crippen molar-refractivity contribution in [3.05, 3.63) is 16.4 Å². The SMILES string of the molecule is Cc1nn(C)c(C(=O)N2CC[C@]3(CN(C)C(=O)CO3)C2)c1Cl. The van der Waals surface area contributed by atoms with Gasteiger partial charge in [-0.25, -0.2) is 0 Å². The van der Waals surface area contributed by atoms with Crippen LogP contribution in [-0.2, 0) is 16.6 Å². The Kier molecular flexibility index (Phi) is 3.65. The van der Waals surface area contributed by atoms with Crippen LogP contribution in [0.15, 0.2) is 0 Å². The second-order valence-corrected chi connectivity index (χ2v) is 6.45. The van der Waals surface area contributed by atoms with Gasteiger partial charge in [0.05, 0.1) is 23.8 Å². The van der Waals surface area contributed by atoms with Gasteiger partial charge in [0.1, 0.15) is 17.9 Å². The van der Waals surface area contributed by atoms with E-state index in [-0.39, 0.29) is 18.4 Å². The van der Waals surface area contributed by atoms with Crippen molar-refractivity contribution < 1.29 is 14.3 Å². The van der Waals surface area contributed by atoms with Gasteiger partial charge < -0.3 is 14.5 Å². The zero-order valence-corrected chi connectivity index (χ0v) is 13.7. The number of hydrogen-bond acceptors (Lipinski definition) is 4. The first kappa shape index (κ1) is 15.3. The van der Waals surface area contributed by atoms with Crippen LogP contribution < -0.4 is 0 Å². The average Bonchev–Trinajstić information content (AvgIpc) is 2.97. The number of aryl methyl sites for hydroxylation is 2. The number of carbonyl (C=O) groups is 2. The Hall–Kier alpha value is -1.60. The van der Waals surface area contributed by atoms with Crippen molar-refractivity contribution in [3.63, 3.8) is 0 Å². The normalized spacial score (nSPS) is 25.4. The molecule has 0 radical (unpaired) electrons. The lowest BCUT2D eigenvalue weighted by Crippen LogP contribution is -2.54. The summed E-state index contributed by atoms with van der Waals surface area (Å²) in [5.41, 5.74) is 0.579. The average molecular weight is 327 g/mol. The summed E-state index contributed by atoms with van der Waals surface area (Å²) in [5.74, 6) is -0.172. The van der Waals surface area contributed by atoms with Gasteiger partial charge >= 0.3 is 0 Å². The lowest BCUT2D eigenvalue weighted by Gasteiger charge is -2.38. The Morgan fingerprint density at radius 1 is 1.36 bits per heavy atom. The third kappa shape index (κ3) is 2.38. The first-order valence-electron chi connectivity index (χ1n) is 7.19. The number of halogens is 1. The molecule has 1 aromatic heterocycles. The summed E-state index contributed by atoms with van der Waals surface area (Å²) in [5, 5.41) is 4.58. The fraction of sp³-hybridized carbons (Fsp3) is 0.643. The molecular weight excluding hydrogens is 308 g/mol. The summed E-state index contributed by atoms with van der Waals surface area (Å²) in [7, 11) is 3.47. The monoisotopic (exact) mass is 326 g/mol. The lowest BCUT2D eigenvalue weighted by molar-refractivity contribution is -0.158. The number of amides is 2. The molecule has 0 aromatic carbocycles. The van der Waals surface area contributed by atoms with Gasteiger partial charge in [-0.3, -0.25) is 14.3 Å². The standard InChI is InChI=1S/C14H19ClN4O3/c1-9-11(15)12(18(3)16-9)13(21)19-5-4-14(8-19)7-17(2)10(20)6-22-14/h4-8H2,1-3H3/t14-/m0/s1. The summed E-state index contributed by atoms with van der Waals surface area (Å²) in [6.45, 7) is 3.40. The molecular formula is C14H19ClN4O3. The molecule has 2 fully saturated rings. The highest BCUT2D eigenvalue weighted by atomic mass is 35.5. The predicted molar refractivity (Wildman–Crippen MR) is 79.8 cm³/mol. The molecule has 3 rings (SSSR count). The molecule has 2 aliphatic heterocycles. The summed E-state index contributed by atoms with van der Waals surface area (Å²) < 4.78 is 7.27. The third-order valence-corrected chi connectivity index (χ3v) is 4.86. The number of likely N-dealkylation sites (N-methyl/N-ethyl adjacent to an activating group) is 1. The Morgan fingerprint density at radius 3 is 2.68 bits per heavy atom. The number of likely N-dealkylation sites (tertiary alicyclic amines) is 1. The highest BCUT2D eigenvalue weighted by molar-refractivity contribution is 6.34. The molecule has 2 amide bonds. The van der Waals surface area contributed by atoms with E-state index in [0.717, 1.165) is 0 Å². The van der Waals surface area contributed by atoms with Crippen LogP contribution in [0.25, 0.3) is 0 Å². The molecule has 0 saturated carbocycles. The molecule has 7 nitrogen and oxygen atoms in total. The van der Waals surface area contributed by atoms with Gasteiger partial charge in [0.2, 0.25) is 5.91 Å². The van der Waals surface area contributed by atoms with E-state index < -0.39 is 5.60 Å². The van der Waals surface area contributed by atoms with E-state index in [1.807, 2.05) is 0 Å². The van der Waals surface area contributed by atoms with Crippen LogP contribution in [0.3, 0.4) is 0 Å². The quantitative estimate of drug-likeness (QED) is 0.751. The largest absolute Gasteiger partial charge is 0.361 e. The van der Waals surface area contributed by atoms with Gasteiger partial charge in [-0.1, -0.05) is 11.6 Å². The minimum Gasteiger partial charge on any atom is -0.361 e. The van der Waals surface area contributed by atoms with Gasteiger partial charge in [0, 0.05) is 20.6 Å². The number of ether oxygens (including phenoxy) is 1. The summed E-state index contributed by atoms with van der Waals surface area (Å²) in [4.78, 5) is 27.7. The lowest BCUT2D eigenvalue weighted by atomic mass is 10.0. The molecule has 2 aliphatic rings. The molecule has 22 heavy (non-hydrogen) atoms. The summed E-state index contributed by atoms with van der Waals surface area (Å²) >= 11 is 6.19. The molecule has 3 heterocycles. The Labute approximate surface area is 133 Å². The van der Waals surface area contributed by atoms with Crippen molar-refractivity contribution in [1.82, 2.24) is 19.6 Å². The van der Waals surface area contributed by atoms with Crippen LogP contribution in [0.2, 0.25) is 5.02 Å². The number of hydrogen-bond donors (Lipinski definition) is 0. The van der Waals surface area contributed by atoms with E-state index in [4.69, 9.17) is 16.3 Å². The molecule has 1 spiro atoms. The van der Waals surface area contributed by atoms with E-state index in [1.54, 1.807) is 30.8 Å². The molecule has 120 valence electrons. The topological polar surface area (TPSA) is 67.7 Å². The van der Waals surface area contributed by atoms with E-state index in [0.29, 0.717) is 42.5 Å². The van der Waals surface area contributed by atoms with Gasteiger partial charge in [-0.2, -0.15) is 5.10 Å². The summed E-state index contributed by atoms with van der Waals surface area (Å²) in [6, 6.07) is 0.